The fourth-order valence-electron chi connectivity index (χ4n) is 3.34. The molecule has 6 nitrogen and oxygen atoms in total. The van der Waals surface area contributed by atoms with Crippen molar-refractivity contribution in [2.24, 2.45) is 0 Å². The number of aromatic nitrogens is 1. The van der Waals surface area contributed by atoms with Gasteiger partial charge >= 0.3 is 0 Å². The van der Waals surface area contributed by atoms with Crippen LogP contribution in [0.5, 0.6) is 11.5 Å². The van der Waals surface area contributed by atoms with Gasteiger partial charge in [0.2, 0.25) is 10.0 Å². The van der Waals surface area contributed by atoms with Crippen LogP contribution in [0.1, 0.15) is 33.6 Å². The summed E-state index contributed by atoms with van der Waals surface area (Å²) in [6, 6.07) is 15.0. The Bertz CT molecular complexity index is 1050. The Morgan fingerprint density at radius 3 is 1.75 bits per heavy atom. The average molecular weight is 475 g/mol. The fraction of sp³-hybridized carbons (Fsp3) is 0.375. The van der Waals surface area contributed by atoms with E-state index in [1.165, 1.54) is 0 Å². The van der Waals surface area contributed by atoms with Gasteiger partial charge in [-0.25, -0.2) is 13.4 Å². The third kappa shape index (κ3) is 5.88. The maximum absolute atomic E-state index is 13.6. The molecule has 3 aromatic rings. The number of hydrogen-bond acceptors (Lipinski definition) is 6. The van der Waals surface area contributed by atoms with Gasteiger partial charge in [-0.2, -0.15) is 4.31 Å². The minimum absolute atomic E-state index is 0.276. The van der Waals surface area contributed by atoms with Crippen molar-refractivity contribution in [2.75, 3.05) is 14.2 Å². The predicted octanol–water partition coefficient (Wildman–Crippen LogP) is 4.74. The highest BCUT2D eigenvalue weighted by Gasteiger charge is 2.30. The quantitative estimate of drug-likeness (QED) is 0.425. The van der Waals surface area contributed by atoms with Gasteiger partial charge in [0.15, 0.2) is 0 Å². The van der Waals surface area contributed by atoms with E-state index in [0.29, 0.717) is 6.42 Å². The van der Waals surface area contributed by atoms with Gasteiger partial charge < -0.3 is 9.47 Å². The van der Waals surface area contributed by atoms with Crippen molar-refractivity contribution >= 4 is 21.4 Å². The largest absolute Gasteiger partial charge is 0.497 e. The van der Waals surface area contributed by atoms with Gasteiger partial charge in [-0.15, -0.1) is 11.3 Å². The number of thiazole rings is 1. The molecule has 32 heavy (non-hydrogen) atoms. The Labute approximate surface area is 194 Å². The lowest BCUT2D eigenvalue weighted by Crippen LogP contribution is -2.37. The van der Waals surface area contributed by atoms with Crippen molar-refractivity contribution in [1.29, 1.82) is 0 Å². The second kappa shape index (κ2) is 10.5. The molecule has 0 aliphatic heterocycles. The minimum Gasteiger partial charge on any atom is -0.497 e. The Morgan fingerprint density at radius 1 is 0.906 bits per heavy atom. The Hall–Kier alpha value is -2.42. The highest BCUT2D eigenvalue weighted by molar-refractivity contribution is 7.89. The monoisotopic (exact) mass is 474 g/mol. The molecule has 8 heteroatoms. The van der Waals surface area contributed by atoms with Crippen molar-refractivity contribution in [2.45, 2.75) is 45.5 Å². The third-order valence-electron chi connectivity index (χ3n) is 5.44. The summed E-state index contributed by atoms with van der Waals surface area (Å²) in [5.41, 5.74) is 2.76. The third-order valence-corrected chi connectivity index (χ3v) is 8.70. The molecular formula is C24H30N2O4S2. The summed E-state index contributed by atoms with van der Waals surface area (Å²) in [6.45, 7) is 6.27. The molecule has 1 aromatic heterocycles. The van der Waals surface area contributed by atoms with Crippen LogP contribution >= 0.6 is 11.3 Å². The smallest absolute Gasteiger partial charge is 0.217 e. The van der Waals surface area contributed by atoms with Gasteiger partial charge in [0.05, 0.1) is 30.2 Å². The lowest BCUT2D eigenvalue weighted by Gasteiger charge is -2.26. The van der Waals surface area contributed by atoms with Crippen LogP contribution in [-0.2, 0) is 29.5 Å². The van der Waals surface area contributed by atoms with E-state index in [2.05, 4.69) is 4.98 Å². The second-order valence-corrected chi connectivity index (χ2v) is 11.4. The number of nitrogens with zero attached hydrogens (tertiary/aromatic N) is 2. The molecule has 0 spiro atoms. The molecule has 2 aromatic carbocycles. The number of benzene rings is 2. The first-order valence-corrected chi connectivity index (χ1v) is 12.7. The van der Waals surface area contributed by atoms with Gasteiger partial charge in [-0.3, -0.25) is 0 Å². The standard InChI is InChI=1S/C24H30N2O4S2/c1-17(14-24-25-18(2)19(3)31-24)32(27,28)26(15-20-6-10-22(29-4)11-7-20)16-21-8-12-23(30-5)13-9-21/h6-13,17H,14-16H2,1-5H3/t17-/m1/s1. The number of aryl methyl sites for hydroxylation is 2. The summed E-state index contributed by atoms with van der Waals surface area (Å²) >= 11 is 1.56. The van der Waals surface area contributed by atoms with Gasteiger partial charge in [0.1, 0.15) is 11.5 Å². The summed E-state index contributed by atoms with van der Waals surface area (Å²) in [4.78, 5) is 5.66. The zero-order chi connectivity index (χ0) is 23.3. The molecule has 0 saturated carbocycles. The van der Waals surface area contributed by atoms with Gasteiger partial charge in [-0.1, -0.05) is 24.3 Å². The lowest BCUT2D eigenvalue weighted by molar-refractivity contribution is 0.392. The van der Waals surface area contributed by atoms with E-state index in [-0.39, 0.29) is 13.1 Å². The van der Waals surface area contributed by atoms with Crippen LogP contribution in [0.4, 0.5) is 0 Å². The number of rotatable bonds is 10. The summed E-state index contributed by atoms with van der Waals surface area (Å²) < 4.78 is 39.3. The van der Waals surface area contributed by atoms with Crippen LogP contribution in [0.3, 0.4) is 0 Å². The van der Waals surface area contributed by atoms with Gasteiger partial charge in [0, 0.05) is 24.4 Å². The maximum Gasteiger partial charge on any atom is 0.217 e. The molecule has 0 N–H and O–H groups in total. The van der Waals surface area contributed by atoms with Crippen LogP contribution in [0.25, 0.3) is 0 Å². The minimum atomic E-state index is -3.59. The first-order valence-electron chi connectivity index (χ1n) is 10.4. The van der Waals surface area contributed by atoms with Gasteiger partial charge in [0.25, 0.3) is 0 Å². The number of hydrogen-bond donors (Lipinski definition) is 0. The highest BCUT2D eigenvalue weighted by Crippen LogP contribution is 2.24. The van der Waals surface area contributed by atoms with E-state index in [1.54, 1.807) is 36.8 Å². The summed E-state index contributed by atoms with van der Waals surface area (Å²) in [5, 5.41) is 0.258. The van der Waals surface area contributed by atoms with E-state index in [9.17, 15) is 8.42 Å². The summed E-state index contributed by atoms with van der Waals surface area (Å²) in [7, 11) is -0.373. The van der Waals surface area contributed by atoms with Crippen molar-refractivity contribution < 1.29 is 17.9 Å². The fourth-order valence-corrected chi connectivity index (χ4v) is 6.04. The molecule has 172 valence electrons. The van der Waals surface area contributed by atoms with Crippen molar-refractivity contribution in [3.63, 3.8) is 0 Å². The predicted molar refractivity (Wildman–Crippen MR) is 129 cm³/mol. The van der Waals surface area contributed by atoms with E-state index < -0.39 is 15.3 Å². The van der Waals surface area contributed by atoms with Crippen LogP contribution in [0.2, 0.25) is 0 Å². The molecule has 0 fully saturated rings. The number of methoxy groups -OCH3 is 2. The van der Waals surface area contributed by atoms with Crippen LogP contribution < -0.4 is 9.47 Å². The van der Waals surface area contributed by atoms with Crippen LogP contribution in [0.15, 0.2) is 48.5 Å². The Morgan fingerprint density at radius 2 is 1.38 bits per heavy atom. The molecule has 0 bridgehead atoms. The number of ether oxygens (including phenoxy) is 2. The van der Waals surface area contributed by atoms with E-state index >= 15 is 0 Å². The normalized spacial score (nSPS) is 12.7. The highest BCUT2D eigenvalue weighted by atomic mass is 32.2. The Kier molecular flexibility index (Phi) is 7.92. The van der Waals surface area contributed by atoms with Crippen molar-refractivity contribution in [3.8, 4) is 11.5 Å². The van der Waals surface area contributed by atoms with Crippen LogP contribution in [-0.4, -0.2) is 37.2 Å². The zero-order valence-corrected chi connectivity index (χ0v) is 20.8. The van der Waals surface area contributed by atoms with Crippen LogP contribution in [0, 0.1) is 13.8 Å². The molecule has 0 radical (unpaired) electrons. The molecule has 0 aliphatic rings. The molecule has 0 unspecified atom stereocenters. The SMILES string of the molecule is COc1ccc(CN(Cc2ccc(OC)cc2)S(=O)(=O)[C@H](C)Cc2nc(C)c(C)s2)cc1. The maximum atomic E-state index is 13.6. The molecule has 0 aliphatic carbocycles. The molecule has 1 heterocycles. The molecule has 0 saturated heterocycles. The lowest BCUT2D eigenvalue weighted by atomic mass is 10.2. The molecule has 3 rings (SSSR count). The summed E-state index contributed by atoms with van der Waals surface area (Å²) in [5.74, 6) is 1.47. The first kappa shape index (κ1) is 24.2. The van der Waals surface area contributed by atoms with E-state index in [0.717, 1.165) is 38.2 Å². The number of sulfonamides is 1. The topological polar surface area (TPSA) is 68.7 Å². The molecule has 1 atom stereocenters. The Balaban J connectivity index is 1.86. The second-order valence-electron chi connectivity index (χ2n) is 7.77. The average Bonchev–Trinajstić information content (AvgIpc) is 3.10. The van der Waals surface area contributed by atoms with E-state index in [1.807, 2.05) is 62.4 Å². The van der Waals surface area contributed by atoms with Crippen molar-refractivity contribution in [3.05, 3.63) is 75.2 Å². The molecule has 0 amide bonds. The summed E-state index contributed by atoms with van der Waals surface area (Å²) in [6.07, 6.45) is 0.392. The first-order chi connectivity index (χ1) is 15.2. The van der Waals surface area contributed by atoms with E-state index in [4.69, 9.17) is 9.47 Å². The van der Waals surface area contributed by atoms with Gasteiger partial charge in [-0.05, 0) is 56.2 Å². The van der Waals surface area contributed by atoms with Crippen molar-refractivity contribution in [1.82, 2.24) is 9.29 Å². The zero-order valence-electron chi connectivity index (χ0n) is 19.2. The molecular weight excluding hydrogens is 444 g/mol.